The van der Waals surface area contributed by atoms with Crippen LogP contribution in [-0.4, -0.2) is 37.2 Å². The van der Waals surface area contributed by atoms with E-state index in [2.05, 4.69) is 41.5 Å². The third-order valence-corrected chi connectivity index (χ3v) is 12.0. The quantitative estimate of drug-likeness (QED) is 0.0346. The Kier molecular flexibility index (Phi) is 42.3. The summed E-state index contributed by atoms with van der Waals surface area (Å²) in [4.78, 5) is 37.8. The normalized spacial score (nSPS) is 12.6. The molecule has 0 aliphatic carbocycles. The Hall–Kier alpha value is -1.59. The standard InChI is InChI=1S/C52H100O6/c1-7-48(6)40-34-28-23-25-31-37-43-52(55)58-49(45-57-51(54)42-36-30-24-22-27-33-39-47(4)5)44-56-50(53)41-35-29-21-19-17-15-13-11-9-8-10-12-14-16-18-20-26-32-38-46(2)3/h46-49H,7-45H2,1-6H3/t48?,49-/m0/s1. The van der Waals surface area contributed by atoms with Gasteiger partial charge in [-0.2, -0.15) is 0 Å². The number of hydrogen-bond donors (Lipinski definition) is 0. The van der Waals surface area contributed by atoms with Crippen molar-refractivity contribution in [3.63, 3.8) is 0 Å². The van der Waals surface area contributed by atoms with Gasteiger partial charge in [0.2, 0.25) is 0 Å². The van der Waals surface area contributed by atoms with Gasteiger partial charge in [-0.05, 0) is 37.0 Å². The molecule has 0 saturated heterocycles. The molecule has 0 rings (SSSR count). The second kappa shape index (κ2) is 43.5. The van der Waals surface area contributed by atoms with Crippen LogP contribution in [0.3, 0.4) is 0 Å². The summed E-state index contributed by atoms with van der Waals surface area (Å²) in [5.41, 5.74) is 0. The molecule has 0 aromatic heterocycles. The lowest BCUT2D eigenvalue weighted by molar-refractivity contribution is -0.167. The van der Waals surface area contributed by atoms with Crippen LogP contribution in [0.5, 0.6) is 0 Å². The van der Waals surface area contributed by atoms with Gasteiger partial charge in [-0.25, -0.2) is 0 Å². The highest BCUT2D eigenvalue weighted by atomic mass is 16.6. The Bertz CT molecular complexity index is 900. The third kappa shape index (κ3) is 44.0. The monoisotopic (exact) mass is 821 g/mol. The van der Waals surface area contributed by atoms with Crippen molar-refractivity contribution in [2.45, 2.75) is 285 Å². The Morgan fingerprint density at radius 1 is 0.345 bits per heavy atom. The largest absolute Gasteiger partial charge is 0.462 e. The van der Waals surface area contributed by atoms with Gasteiger partial charge in [0.05, 0.1) is 0 Å². The Morgan fingerprint density at radius 2 is 0.603 bits per heavy atom. The number of hydrogen-bond acceptors (Lipinski definition) is 6. The first-order valence-corrected chi connectivity index (χ1v) is 25.6. The molecule has 0 aromatic carbocycles. The van der Waals surface area contributed by atoms with Crippen molar-refractivity contribution in [1.29, 1.82) is 0 Å². The van der Waals surface area contributed by atoms with Gasteiger partial charge in [-0.15, -0.1) is 0 Å². The Labute approximate surface area is 361 Å². The van der Waals surface area contributed by atoms with E-state index in [1.165, 1.54) is 161 Å². The average Bonchev–Trinajstić information content (AvgIpc) is 3.19. The zero-order valence-electron chi connectivity index (χ0n) is 39.8. The van der Waals surface area contributed by atoms with E-state index in [0.29, 0.717) is 19.3 Å². The van der Waals surface area contributed by atoms with Gasteiger partial charge in [-0.3, -0.25) is 14.4 Å². The molecule has 58 heavy (non-hydrogen) atoms. The minimum atomic E-state index is -0.763. The Morgan fingerprint density at radius 3 is 0.897 bits per heavy atom. The number of carbonyl (C=O) groups is 3. The lowest BCUT2D eigenvalue weighted by atomic mass is 10.00. The molecule has 344 valence electrons. The molecule has 0 radical (unpaired) electrons. The molecule has 0 spiro atoms. The summed E-state index contributed by atoms with van der Waals surface area (Å²) < 4.78 is 16.7. The summed E-state index contributed by atoms with van der Waals surface area (Å²) in [5.74, 6) is 1.57. The third-order valence-electron chi connectivity index (χ3n) is 12.0. The number of rotatable bonds is 45. The molecule has 1 unspecified atom stereocenters. The van der Waals surface area contributed by atoms with Crippen LogP contribution in [0.2, 0.25) is 0 Å². The fourth-order valence-corrected chi connectivity index (χ4v) is 7.73. The fraction of sp³-hybridized carbons (Fsp3) is 0.942. The zero-order chi connectivity index (χ0) is 42.7. The second-order valence-electron chi connectivity index (χ2n) is 19.0. The predicted octanol–water partition coefficient (Wildman–Crippen LogP) is 16.4. The van der Waals surface area contributed by atoms with E-state index in [1.807, 2.05) is 0 Å². The highest BCUT2D eigenvalue weighted by Crippen LogP contribution is 2.18. The summed E-state index contributed by atoms with van der Waals surface area (Å²) >= 11 is 0. The number of carbonyl (C=O) groups excluding carboxylic acids is 3. The van der Waals surface area contributed by atoms with Crippen LogP contribution < -0.4 is 0 Å². The van der Waals surface area contributed by atoms with E-state index in [4.69, 9.17) is 14.2 Å². The van der Waals surface area contributed by atoms with Crippen molar-refractivity contribution in [1.82, 2.24) is 0 Å². The molecule has 0 aromatic rings. The molecule has 0 aliphatic heterocycles. The SMILES string of the molecule is CCC(C)CCCCCCCCC(=O)O[C@@H](COC(=O)CCCCCCCCCCCCCCCCCCCCC(C)C)COC(=O)CCCCCCCCC(C)C. The van der Waals surface area contributed by atoms with Crippen molar-refractivity contribution in [3.05, 3.63) is 0 Å². The zero-order valence-corrected chi connectivity index (χ0v) is 39.8. The molecule has 0 amide bonds. The van der Waals surface area contributed by atoms with Crippen molar-refractivity contribution >= 4 is 17.9 Å². The van der Waals surface area contributed by atoms with Crippen LogP contribution >= 0.6 is 0 Å². The topological polar surface area (TPSA) is 78.9 Å². The second-order valence-corrected chi connectivity index (χ2v) is 19.0. The van der Waals surface area contributed by atoms with Crippen molar-refractivity contribution in [3.8, 4) is 0 Å². The summed E-state index contributed by atoms with van der Waals surface area (Å²) in [5, 5.41) is 0. The van der Waals surface area contributed by atoms with E-state index in [1.54, 1.807) is 0 Å². The molecule has 0 fully saturated rings. The smallest absolute Gasteiger partial charge is 0.306 e. The summed E-state index contributed by atoms with van der Waals surface area (Å²) in [6.45, 7) is 13.6. The highest BCUT2D eigenvalue weighted by molar-refractivity contribution is 5.71. The van der Waals surface area contributed by atoms with Crippen LogP contribution in [0.4, 0.5) is 0 Å². The van der Waals surface area contributed by atoms with Gasteiger partial charge in [0.1, 0.15) is 13.2 Å². The number of esters is 3. The van der Waals surface area contributed by atoms with Crippen LogP contribution in [0, 0.1) is 17.8 Å². The van der Waals surface area contributed by atoms with Crippen molar-refractivity contribution in [2.24, 2.45) is 17.8 Å². The maximum absolute atomic E-state index is 12.7. The van der Waals surface area contributed by atoms with Gasteiger partial charge >= 0.3 is 17.9 Å². The molecule has 0 bridgehead atoms. The van der Waals surface area contributed by atoms with Crippen LogP contribution in [0.25, 0.3) is 0 Å². The number of ether oxygens (including phenoxy) is 3. The molecule has 0 N–H and O–H groups in total. The maximum atomic E-state index is 12.7. The van der Waals surface area contributed by atoms with Gasteiger partial charge < -0.3 is 14.2 Å². The lowest BCUT2D eigenvalue weighted by Gasteiger charge is -2.18. The van der Waals surface area contributed by atoms with E-state index in [0.717, 1.165) is 75.5 Å². The van der Waals surface area contributed by atoms with Gasteiger partial charge in [0, 0.05) is 19.3 Å². The van der Waals surface area contributed by atoms with Crippen molar-refractivity contribution < 1.29 is 28.6 Å². The van der Waals surface area contributed by atoms with E-state index < -0.39 is 6.10 Å². The van der Waals surface area contributed by atoms with Crippen LogP contribution in [-0.2, 0) is 28.6 Å². The molecular weight excluding hydrogens is 721 g/mol. The molecule has 6 nitrogen and oxygen atoms in total. The fourth-order valence-electron chi connectivity index (χ4n) is 7.73. The minimum Gasteiger partial charge on any atom is -0.462 e. The predicted molar refractivity (Wildman–Crippen MR) is 247 cm³/mol. The minimum absolute atomic E-state index is 0.0664. The van der Waals surface area contributed by atoms with E-state index in [-0.39, 0.29) is 31.1 Å². The maximum Gasteiger partial charge on any atom is 0.306 e. The van der Waals surface area contributed by atoms with Gasteiger partial charge in [0.25, 0.3) is 0 Å². The first kappa shape index (κ1) is 56.4. The lowest BCUT2D eigenvalue weighted by Crippen LogP contribution is -2.30. The summed E-state index contributed by atoms with van der Waals surface area (Å²) in [6, 6.07) is 0. The first-order valence-electron chi connectivity index (χ1n) is 25.6. The first-order chi connectivity index (χ1) is 28.1. The van der Waals surface area contributed by atoms with Crippen molar-refractivity contribution in [2.75, 3.05) is 13.2 Å². The van der Waals surface area contributed by atoms with Crippen LogP contribution in [0.15, 0.2) is 0 Å². The highest BCUT2D eigenvalue weighted by Gasteiger charge is 2.19. The van der Waals surface area contributed by atoms with E-state index >= 15 is 0 Å². The molecule has 0 saturated carbocycles. The van der Waals surface area contributed by atoms with Gasteiger partial charge in [-0.1, -0.05) is 241 Å². The Balaban J connectivity index is 4.16. The molecule has 6 heteroatoms. The number of unbranched alkanes of at least 4 members (excludes halogenated alkanes) is 27. The molecule has 2 atom stereocenters. The van der Waals surface area contributed by atoms with Crippen LogP contribution in [0.1, 0.15) is 279 Å². The van der Waals surface area contributed by atoms with Gasteiger partial charge in [0.15, 0.2) is 6.10 Å². The molecule has 0 heterocycles. The summed E-state index contributed by atoms with van der Waals surface area (Å²) in [7, 11) is 0. The molecule has 0 aliphatic rings. The van der Waals surface area contributed by atoms with E-state index in [9.17, 15) is 14.4 Å². The summed E-state index contributed by atoms with van der Waals surface area (Å²) in [6.07, 6.45) is 42.6. The average molecular weight is 821 g/mol. The molecular formula is C52H100O6.